The van der Waals surface area contributed by atoms with Crippen LogP contribution in [0.15, 0.2) is 24.5 Å². The molecule has 0 aliphatic heterocycles. The van der Waals surface area contributed by atoms with E-state index in [0.29, 0.717) is 12.4 Å². The minimum Gasteiger partial charge on any atom is -0.377 e. The standard InChI is InChI=1S/C13H20N6O/c1-10(8-19-6-4-5-15-19)16-12-7-11(14-2)17-13(18-12)9-20-3/h4-7,10H,8-9H2,1-3H3,(H2,14,16,17,18). The molecular formula is C13H20N6O. The molecule has 0 fully saturated rings. The summed E-state index contributed by atoms with van der Waals surface area (Å²) < 4.78 is 6.96. The number of rotatable bonds is 7. The average Bonchev–Trinajstić information content (AvgIpc) is 2.91. The van der Waals surface area contributed by atoms with Crippen molar-refractivity contribution in [2.75, 3.05) is 24.8 Å². The van der Waals surface area contributed by atoms with Crippen molar-refractivity contribution in [3.05, 3.63) is 30.4 Å². The predicted molar refractivity (Wildman–Crippen MR) is 77.6 cm³/mol. The summed E-state index contributed by atoms with van der Waals surface area (Å²) in [5.41, 5.74) is 0. The molecular weight excluding hydrogens is 256 g/mol. The highest BCUT2D eigenvalue weighted by Gasteiger charge is 2.08. The summed E-state index contributed by atoms with van der Waals surface area (Å²) in [6.07, 6.45) is 3.71. The van der Waals surface area contributed by atoms with Gasteiger partial charge in [0, 0.05) is 38.7 Å². The molecule has 1 atom stereocenters. The van der Waals surface area contributed by atoms with Gasteiger partial charge in [-0.1, -0.05) is 0 Å². The Morgan fingerprint density at radius 1 is 1.35 bits per heavy atom. The highest BCUT2D eigenvalue weighted by atomic mass is 16.5. The first-order chi connectivity index (χ1) is 9.71. The average molecular weight is 276 g/mol. The third kappa shape index (κ3) is 3.92. The van der Waals surface area contributed by atoms with Gasteiger partial charge in [0.2, 0.25) is 0 Å². The van der Waals surface area contributed by atoms with Crippen LogP contribution >= 0.6 is 0 Å². The number of hydrogen-bond donors (Lipinski definition) is 2. The van der Waals surface area contributed by atoms with E-state index in [0.717, 1.165) is 18.2 Å². The van der Waals surface area contributed by atoms with E-state index >= 15 is 0 Å². The normalized spacial score (nSPS) is 12.2. The summed E-state index contributed by atoms with van der Waals surface area (Å²) in [6.45, 7) is 3.24. The Bertz CT molecular complexity index is 528. The Labute approximate surface area is 118 Å². The fourth-order valence-corrected chi connectivity index (χ4v) is 1.88. The van der Waals surface area contributed by atoms with Gasteiger partial charge in [0.25, 0.3) is 0 Å². The van der Waals surface area contributed by atoms with Crippen LogP contribution in [0.3, 0.4) is 0 Å². The molecule has 0 saturated heterocycles. The van der Waals surface area contributed by atoms with Crippen LogP contribution in [0.4, 0.5) is 11.6 Å². The van der Waals surface area contributed by atoms with Gasteiger partial charge in [0.05, 0.1) is 6.54 Å². The fraction of sp³-hybridized carbons (Fsp3) is 0.462. The lowest BCUT2D eigenvalue weighted by atomic mass is 10.3. The summed E-state index contributed by atoms with van der Waals surface area (Å²) >= 11 is 0. The zero-order valence-corrected chi connectivity index (χ0v) is 12.0. The van der Waals surface area contributed by atoms with Crippen LogP contribution in [0.2, 0.25) is 0 Å². The lowest BCUT2D eigenvalue weighted by Crippen LogP contribution is -2.23. The highest BCUT2D eigenvalue weighted by Crippen LogP contribution is 2.13. The van der Waals surface area contributed by atoms with E-state index in [1.807, 2.05) is 30.1 Å². The molecule has 1 unspecified atom stereocenters. The molecule has 0 bridgehead atoms. The maximum absolute atomic E-state index is 5.08. The van der Waals surface area contributed by atoms with E-state index in [2.05, 4.69) is 32.6 Å². The van der Waals surface area contributed by atoms with E-state index in [1.165, 1.54) is 0 Å². The van der Waals surface area contributed by atoms with Crippen LogP contribution in [0, 0.1) is 0 Å². The molecule has 20 heavy (non-hydrogen) atoms. The van der Waals surface area contributed by atoms with Gasteiger partial charge in [0.15, 0.2) is 5.82 Å². The Morgan fingerprint density at radius 2 is 2.15 bits per heavy atom. The van der Waals surface area contributed by atoms with E-state index in [1.54, 1.807) is 13.3 Å². The Balaban J connectivity index is 2.05. The van der Waals surface area contributed by atoms with Gasteiger partial charge in [-0.05, 0) is 13.0 Å². The van der Waals surface area contributed by atoms with Crippen LogP contribution in [0.5, 0.6) is 0 Å². The second-order valence-corrected chi connectivity index (χ2v) is 4.51. The number of aromatic nitrogens is 4. The summed E-state index contributed by atoms with van der Waals surface area (Å²) in [4.78, 5) is 8.74. The Morgan fingerprint density at radius 3 is 2.80 bits per heavy atom. The van der Waals surface area contributed by atoms with Crippen LogP contribution in [-0.2, 0) is 17.9 Å². The largest absolute Gasteiger partial charge is 0.377 e. The van der Waals surface area contributed by atoms with Gasteiger partial charge in [-0.25, -0.2) is 9.97 Å². The number of nitrogens with one attached hydrogen (secondary N) is 2. The molecule has 7 heteroatoms. The number of methoxy groups -OCH3 is 1. The quantitative estimate of drug-likeness (QED) is 0.795. The highest BCUT2D eigenvalue weighted by molar-refractivity contribution is 5.47. The minimum atomic E-state index is 0.199. The maximum atomic E-state index is 5.08. The lowest BCUT2D eigenvalue weighted by molar-refractivity contribution is 0.178. The van der Waals surface area contributed by atoms with E-state index in [9.17, 15) is 0 Å². The minimum absolute atomic E-state index is 0.199. The van der Waals surface area contributed by atoms with Gasteiger partial charge >= 0.3 is 0 Å². The number of nitrogens with zero attached hydrogens (tertiary/aromatic N) is 4. The molecule has 0 radical (unpaired) electrons. The molecule has 108 valence electrons. The zero-order chi connectivity index (χ0) is 14.4. The summed E-state index contributed by atoms with van der Waals surface area (Å²) in [5, 5.41) is 10.6. The third-order valence-corrected chi connectivity index (χ3v) is 2.72. The van der Waals surface area contributed by atoms with Crippen LogP contribution in [0.1, 0.15) is 12.7 Å². The lowest BCUT2D eigenvalue weighted by Gasteiger charge is -2.16. The van der Waals surface area contributed by atoms with Gasteiger partial charge in [-0.2, -0.15) is 5.10 Å². The monoisotopic (exact) mass is 276 g/mol. The van der Waals surface area contributed by atoms with Crippen molar-refractivity contribution in [1.29, 1.82) is 0 Å². The first-order valence-corrected chi connectivity index (χ1v) is 6.50. The van der Waals surface area contributed by atoms with Crippen LogP contribution < -0.4 is 10.6 Å². The molecule has 2 aromatic rings. The van der Waals surface area contributed by atoms with Crippen molar-refractivity contribution >= 4 is 11.6 Å². The van der Waals surface area contributed by atoms with E-state index < -0.39 is 0 Å². The molecule has 2 rings (SSSR count). The van der Waals surface area contributed by atoms with Crippen LogP contribution in [0.25, 0.3) is 0 Å². The molecule has 0 saturated carbocycles. The van der Waals surface area contributed by atoms with Crippen molar-refractivity contribution in [3.8, 4) is 0 Å². The smallest absolute Gasteiger partial charge is 0.158 e. The first-order valence-electron chi connectivity index (χ1n) is 6.50. The van der Waals surface area contributed by atoms with Crippen molar-refractivity contribution in [2.45, 2.75) is 26.1 Å². The van der Waals surface area contributed by atoms with Gasteiger partial charge in [-0.15, -0.1) is 0 Å². The van der Waals surface area contributed by atoms with Crippen molar-refractivity contribution in [2.24, 2.45) is 0 Å². The van der Waals surface area contributed by atoms with Crippen molar-refractivity contribution < 1.29 is 4.74 Å². The topological polar surface area (TPSA) is 76.9 Å². The van der Waals surface area contributed by atoms with Gasteiger partial charge in [-0.3, -0.25) is 4.68 Å². The van der Waals surface area contributed by atoms with Gasteiger partial charge < -0.3 is 15.4 Å². The van der Waals surface area contributed by atoms with Gasteiger partial charge in [0.1, 0.15) is 18.2 Å². The number of hydrogen-bond acceptors (Lipinski definition) is 6. The molecule has 0 spiro atoms. The molecule has 0 aliphatic rings. The molecule has 0 amide bonds. The summed E-state index contributed by atoms with van der Waals surface area (Å²) in [5.74, 6) is 2.19. The summed E-state index contributed by atoms with van der Waals surface area (Å²) in [7, 11) is 3.46. The van der Waals surface area contributed by atoms with Crippen LogP contribution in [-0.4, -0.2) is 39.9 Å². The van der Waals surface area contributed by atoms with Crippen molar-refractivity contribution in [1.82, 2.24) is 19.7 Å². The molecule has 2 heterocycles. The number of anilines is 2. The van der Waals surface area contributed by atoms with Crippen molar-refractivity contribution in [3.63, 3.8) is 0 Å². The SMILES string of the molecule is CNc1cc(NC(C)Cn2cccn2)nc(COC)n1. The second-order valence-electron chi connectivity index (χ2n) is 4.51. The second kappa shape index (κ2) is 6.85. The van der Waals surface area contributed by atoms with E-state index in [-0.39, 0.29) is 6.04 Å². The summed E-state index contributed by atoms with van der Waals surface area (Å²) in [6, 6.07) is 3.98. The molecule has 0 aliphatic carbocycles. The van der Waals surface area contributed by atoms with E-state index in [4.69, 9.17) is 4.74 Å². The molecule has 0 aromatic carbocycles. The molecule has 2 aromatic heterocycles. The zero-order valence-electron chi connectivity index (χ0n) is 12.0. The number of ether oxygens (including phenoxy) is 1. The fourth-order valence-electron chi connectivity index (χ4n) is 1.88. The molecule has 2 N–H and O–H groups in total. The molecule has 7 nitrogen and oxygen atoms in total. The first kappa shape index (κ1) is 14.3. The Kier molecular flexibility index (Phi) is 4.89. The third-order valence-electron chi connectivity index (χ3n) is 2.72. The Hall–Kier alpha value is -2.15. The predicted octanol–water partition coefficient (Wildman–Crippen LogP) is 1.36. The maximum Gasteiger partial charge on any atom is 0.158 e.